The number of hydrogen-bond acceptors (Lipinski definition) is 5. The maximum absolute atomic E-state index is 8.64. The summed E-state index contributed by atoms with van der Waals surface area (Å²) in [5.74, 6) is 1.28. The molecule has 0 spiro atoms. The Morgan fingerprint density at radius 3 is 2.80 bits per heavy atom. The molecule has 0 amide bonds. The fourth-order valence-electron chi connectivity index (χ4n) is 1.53. The van der Waals surface area contributed by atoms with Gasteiger partial charge in [-0.05, 0) is 6.07 Å². The molecule has 2 heterocycles. The first-order valence-electron chi connectivity index (χ1n) is 4.89. The van der Waals surface area contributed by atoms with Gasteiger partial charge in [-0.25, -0.2) is 0 Å². The van der Waals surface area contributed by atoms with Crippen LogP contribution in [0.2, 0.25) is 0 Å². The van der Waals surface area contributed by atoms with Gasteiger partial charge in [0.25, 0.3) is 0 Å². The van der Waals surface area contributed by atoms with E-state index in [1.807, 2.05) is 12.1 Å². The van der Waals surface area contributed by atoms with E-state index in [0.29, 0.717) is 19.0 Å². The van der Waals surface area contributed by atoms with Gasteiger partial charge >= 0.3 is 0 Å². The average molecular weight is 207 g/mol. The van der Waals surface area contributed by atoms with Gasteiger partial charge in [0.15, 0.2) is 11.9 Å². The van der Waals surface area contributed by atoms with Crippen molar-refractivity contribution in [2.75, 3.05) is 31.2 Å². The number of anilines is 1. The minimum Gasteiger partial charge on any atom is -0.443 e. The third kappa shape index (κ3) is 2.12. The van der Waals surface area contributed by atoms with E-state index in [4.69, 9.17) is 20.1 Å². The summed E-state index contributed by atoms with van der Waals surface area (Å²) in [4.78, 5) is 2.08. The molecule has 1 saturated heterocycles. The maximum Gasteiger partial charge on any atom is 0.195 e. The van der Waals surface area contributed by atoms with Crippen LogP contribution in [-0.2, 0) is 4.74 Å². The lowest BCUT2D eigenvalue weighted by Crippen LogP contribution is -2.35. The van der Waals surface area contributed by atoms with Crippen molar-refractivity contribution in [1.82, 2.24) is 0 Å². The van der Waals surface area contributed by atoms with E-state index < -0.39 is 6.04 Å². The predicted octanol–water partition coefficient (Wildman–Crippen LogP) is 0.640. The molecule has 5 heteroatoms. The number of nitrogens with zero attached hydrogens (tertiary/aromatic N) is 2. The quantitative estimate of drug-likeness (QED) is 0.770. The minimum atomic E-state index is -0.681. The van der Waals surface area contributed by atoms with Crippen LogP contribution in [0, 0.1) is 11.3 Å². The van der Waals surface area contributed by atoms with Gasteiger partial charge in [0.05, 0.1) is 19.3 Å². The Bertz CT molecular complexity index is 363. The molecular formula is C10H13N3O2. The summed E-state index contributed by atoms with van der Waals surface area (Å²) in [7, 11) is 0. The van der Waals surface area contributed by atoms with Crippen molar-refractivity contribution in [3.8, 4) is 6.07 Å². The third-order valence-corrected chi connectivity index (χ3v) is 2.38. The zero-order valence-corrected chi connectivity index (χ0v) is 8.35. The van der Waals surface area contributed by atoms with E-state index in [9.17, 15) is 0 Å². The van der Waals surface area contributed by atoms with Crippen molar-refractivity contribution in [1.29, 1.82) is 5.26 Å². The fourth-order valence-corrected chi connectivity index (χ4v) is 1.53. The molecule has 1 aliphatic heterocycles. The van der Waals surface area contributed by atoms with E-state index >= 15 is 0 Å². The number of ether oxygens (including phenoxy) is 1. The zero-order valence-electron chi connectivity index (χ0n) is 8.35. The Balaban J connectivity index is 2.09. The summed E-state index contributed by atoms with van der Waals surface area (Å²) < 4.78 is 10.7. The van der Waals surface area contributed by atoms with Crippen LogP contribution in [0.1, 0.15) is 11.8 Å². The molecule has 2 rings (SSSR count). The lowest BCUT2D eigenvalue weighted by atomic mass is 10.3. The number of hydrogen-bond donors (Lipinski definition) is 1. The Kier molecular flexibility index (Phi) is 2.90. The molecule has 1 aromatic rings. The van der Waals surface area contributed by atoms with Crippen molar-refractivity contribution in [3.63, 3.8) is 0 Å². The van der Waals surface area contributed by atoms with E-state index in [-0.39, 0.29) is 0 Å². The van der Waals surface area contributed by atoms with Gasteiger partial charge in [0, 0.05) is 19.2 Å². The van der Waals surface area contributed by atoms with Crippen molar-refractivity contribution in [3.05, 3.63) is 17.9 Å². The fraction of sp³-hybridized carbons (Fsp3) is 0.500. The van der Waals surface area contributed by atoms with Gasteiger partial charge in [-0.15, -0.1) is 0 Å². The molecule has 1 fully saturated rings. The summed E-state index contributed by atoms with van der Waals surface area (Å²) >= 11 is 0. The second kappa shape index (κ2) is 4.34. The Hall–Kier alpha value is -1.51. The van der Waals surface area contributed by atoms with Crippen LogP contribution in [0.5, 0.6) is 0 Å². The molecule has 15 heavy (non-hydrogen) atoms. The number of nitriles is 1. The molecule has 1 aliphatic rings. The average Bonchev–Trinajstić information content (AvgIpc) is 2.78. The van der Waals surface area contributed by atoms with Gasteiger partial charge in [0.2, 0.25) is 0 Å². The first-order valence-corrected chi connectivity index (χ1v) is 4.89. The first kappa shape index (κ1) is 10.0. The van der Waals surface area contributed by atoms with Crippen molar-refractivity contribution in [2.45, 2.75) is 6.04 Å². The zero-order chi connectivity index (χ0) is 10.7. The first-order chi connectivity index (χ1) is 7.31. The number of furan rings is 1. The number of morpholine rings is 1. The monoisotopic (exact) mass is 207 g/mol. The highest BCUT2D eigenvalue weighted by atomic mass is 16.5. The van der Waals surface area contributed by atoms with Gasteiger partial charge in [-0.1, -0.05) is 0 Å². The summed E-state index contributed by atoms with van der Waals surface area (Å²) in [6.45, 7) is 3.05. The highest BCUT2D eigenvalue weighted by molar-refractivity contribution is 5.38. The summed E-state index contributed by atoms with van der Waals surface area (Å²) in [6, 6.07) is 4.85. The SMILES string of the molecule is N#CC(N)c1ccc(N2CCOCC2)o1. The van der Waals surface area contributed by atoms with Crippen molar-refractivity contribution < 1.29 is 9.15 Å². The van der Waals surface area contributed by atoms with Crippen LogP contribution in [0.25, 0.3) is 0 Å². The molecule has 1 unspecified atom stereocenters. The van der Waals surface area contributed by atoms with E-state index in [0.717, 1.165) is 19.0 Å². The molecule has 5 nitrogen and oxygen atoms in total. The van der Waals surface area contributed by atoms with Crippen LogP contribution in [0.3, 0.4) is 0 Å². The largest absolute Gasteiger partial charge is 0.443 e. The van der Waals surface area contributed by atoms with Crippen LogP contribution in [-0.4, -0.2) is 26.3 Å². The molecule has 80 valence electrons. The molecular weight excluding hydrogens is 194 g/mol. The second-order valence-electron chi connectivity index (χ2n) is 3.38. The number of nitrogens with two attached hydrogens (primary N) is 1. The van der Waals surface area contributed by atoms with Gasteiger partial charge in [-0.2, -0.15) is 5.26 Å². The van der Waals surface area contributed by atoms with Crippen molar-refractivity contribution in [2.24, 2.45) is 5.73 Å². The summed E-state index contributed by atoms with van der Waals surface area (Å²) in [6.07, 6.45) is 0. The summed E-state index contributed by atoms with van der Waals surface area (Å²) in [5.41, 5.74) is 5.54. The van der Waals surface area contributed by atoms with E-state index in [2.05, 4.69) is 4.90 Å². The van der Waals surface area contributed by atoms with Crippen LogP contribution >= 0.6 is 0 Å². The Morgan fingerprint density at radius 2 is 2.13 bits per heavy atom. The molecule has 1 aromatic heterocycles. The predicted molar refractivity (Wildman–Crippen MR) is 54.3 cm³/mol. The maximum atomic E-state index is 8.64. The Morgan fingerprint density at radius 1 is 1.40 bits per heavy atom. The lowest BCUT2D eigenvalue weighted by Gasteiger charge is -2.26. The van der Waals surface area contributed by atoms with Crippen LogP contribution in [0.15, 0.2) is 16.5 Å². The molecule has 0 bridgehead atoms. The lowest BCUT2D eigenvalue weighted by molar-refractivity contribution is 0.120. The van der Waals surface area contributed by atoms with Gasteiger partial charge in [-0.3, -0.25) is 0 Å². The molecule has 0 aliphatic carbocycles. The van der Waals surface area contributed by atoms with Crippen molar-refractivity contribution >= 4 is 5.88 Å². The highest BCUT2D eigenvalue weighted by Gasteiger charge is 2.16. The standard InChI is InChI=1S/C10H13N3O2/c11-7-8(12)9-1-2-10(15-9)13-3-5-14-6-4-13/h1-2,8H,3-6,12H2. The molecule has 0 aromatic carbocycles. The molecule has 0 radical (unpaired) electrons. The van der Waals surface area contributed by atoms with Gasteiger partial charge in [0.1, 0.15) is 5.76 Å². The normalized spacial score (nSPS) is 18.5. The second-order valence-corrected chi connectivity index (χ2v) is 3.38. The van der Waals surface area contributed by atoms with Crippen LogP contribution < -0.4 is 10.6 Å². The molecule has 1 atom stereocenters. The molecule has 0 saturated carbocycles. The Labute approximate surface area is 88.0 Å². The smallest absolute Gasteiger partial charge is 0.195 e. The minimum absolute atomic E-state index is 0.513. The topological polar surface area (TPSA) is 75.4 Å². The van der Waals surface area contributed by atoms with E-state index in [1.165, 1.54) is 0 Å². The summed E-state index contributed by atoms with van der Waals surface area (Å²) in [5, 5.41) is 8.64. The highest BCUT2D eigenvalue weighted by Crippen LogP contribution is 2.22. The third-order valence-electron chi connectivity index (χ3n) is 2.38. The van der Waals surface area contributed by atoms with E-state index in [1.54, 1.807) is 6.07 Å². The van der Waals surface area contributed by atoms with Gasteiger partial charge < -0.3 is 19.8 Å². The number of rotatable bonds is 2. The molecule has 2 N–H and O–H groups in total. The van der Waals surface area contributed by atoms with Crippen LogP contribution in [0.4, 0.5) is 5.88 Å².